The monoisotopic (exact) mass is 247 g/mol. The van der Waals surface area contributed by atoms with E-state index in [1.807, 2.05) is 0 Å². The average molecular weight is 247 g/mol. The molecule has 94 valence electrons. The summed E-state index contributed by atoms with van der Waals surface area (Å²) in [6.45, 7) is 1.64. The van der Waals surface area contributed by atoms with Gasteiger partial charge in [0.1, 0.15) is 17.2 Å². The molecule has 0 bridgehead atoms. The third-order valence-electron chi connectivity index (χ3n) is 2.92. The fourth-order valence-electron chi connectivity index (χ4n) is 1.74. The van der Waals surface area contributed by atoms with Crippen LogP contribution in [0.2, 0.25) is 0 Å². The van der Waals surface area contributed by atoms with Crippen molar-refractivity contribution in [2.24, 2.45) is 0 Å². The van der Waals surface area contributed by atoms with Crippen LogP contribution in [0.5, 0.6) is 5.75 Å². The molecular formula is C14H14FNO2. The SMILES string of the molecule is COc1cncc(C(C)(O)c2ccc(F)cc2)c1. The van der Waals surface area contributed by atoms with E-state index in [1.54, 1.807) is 37.5 Å². The lowest BCUT2D eigenvalue weighted by Crippen LogP contribution is -2.23. The maximum atomic E-state index is 12.9. The second-order valence-corrected chi connectivity index (χ2v) is 4.19. The number of aliphatic hydroxyl groups is 1. The number of methoxy groups -OCH3 is 1. The van der Waals surface area contributed by atoms with Crippen molar-refractivity contribution in [1.82, 2.24) is 4.98 Å². The van der Waals surface area contributed by atoms with Gasteiger partial charge in [0.05, 0.1) is 13.3 Å². The largest absolute Gasteiger partial charge is 0.495 e. The van der Waals surface area contributed by atoms with Crippen LogP contribution in [0.4, 0.5) is 4.39 Å². The van der Waals surface area contributed by atoms with Crippen molar-refractivity contribution in [2.75, 3.05) is 7.11 Å². The molecule has 0 radical (unpaired) electrons. The number of rotatable bonds is 3. The molecule has 1 N–H and O–H groups in total. The molecule has 4 heteroatoms. The van der Waals surface area contributed by atoms with Gasteiger partial charge in [-0.05, 0) is 30.7 Å². The van der Waals surface area contributed by atoms with Gasteiger partial charge in [-0.2, -0.15) is 0 Å². The topological polar surface area (TPSA) is 42.4 Å². The highest BCUT2D eigenvalue weighted by Gasteiger charge is 2.26. The van der Waals surface area contributed by atoms with Gasteiger partial charge in [-0.3, -0.25) is 4.98 Å². The number of hydrogen-bond acceptors (Lipinski definition) is 3. The average Bonchev–Trinajstić information content (AvgIpc) is 2.39. The molecule has 0 spiro atoms. The normalized spacial score (nSPS) is 14.0. The second kappa shape index (κ2) is 4.74. The van der Waals surface area contributed by atoms with E-state index >= 15 is 0 Å². The summed E-state index contributed by atoms with van der Waals surface area (Å²) in [4.78, 5) is 4.01. The van der Waals surface area contributed by atoms with E-state index in [0.717, 1.165) is 0 Å². The van der Waals surface area contributed by atoms with Crippen LogP contribution in [0.1, 0.15) is 18.1 Å². The van der Waals surface area contributed by atoms with Crippen molar-refractivity contribution in [3.8, 4) is 5.75 Å². The zero-order valence-electron chi connectivity index (χ0n) is 10.2. The van der Waals surface area contributed by atoms with Crippen LogP contribution in [0.25, 0.3) is 0 Å². The van der Waals surface area contributed by atoms with Crippen LogP contribution in [0.15, 0.2) is 42.7 Å². The molecule has 18 heavy (non-hydrogen) atoms. The minimum atomic E-state index is -1.24. The lowest BCUT2D eigenvalue weighted by atomic mass is 9.89. The Morgan fingerprint density at radius 3 is 2.44 bits per heavy atom. The van der Waals surface area contributed by atoms with Crippen molar-refractivity contribution in [3.63, 3.8) is 0 Å². The summed E-state index contributed by atoms with van der Waals surface area (Å²) in [6, 6.07) is 7.44. The van der Waals surface area contributed by atoms with Gasteiger partial charge in [0.25, 0.3) is 0 Å². The van der Waals surface area contributed by atoms with Gasteiger partial charge < -0.3 is 9.84 Å². The predicted octanol–water partition coefficient (Wildman–Crippen LogP) is 2.49. The third kappa shape index (κ3) is 2.33. The molecule has 2 rings (SSSR count). The number of benzene rings is 1. The van der Waals surface area contributed by atoms with Gasteiger partial charge in [-0.1, -0.05) is 12.1 Å². The summed E-state index contributed by atoms with van der Waals surface area (Å²) in [7, 11) is 1.54. The molecule has 0 aliphatic carbocycles. The summed E-state index contributed by atoms with van der Waals surface area (Å²) in [5, 5.41) is 10.5. The number of nitrogens with zero attached hydrogens (tertiary/aromatic N) is 1. The molecule has 0 aliphatic rings. The molecular weight excluding hydrogens is 233 g/mol. The van der Waals surface area contributed by atoms with Crippen molar-refractivity contribution < 1.29 is 14.2 Å². The second-order valence-electron chi connectivity index (χ2n) is 4.19. The van der Waals surface area contributed by atoms with Crippen LogP contribution in [-0.2, 0) is 5.60 Å². The third-order valence-corrected chi connectivity index (χ3v) is 2.92. The van der Waals surface area contributed by atoms with E-state index in [1.165, 1.54) is 19.2 Å². The Morgan fingerprint density at radius 2 is 1.83 bits per heavy atom. The number of aromatic nitrogens is 1. The molecule has 1 atom stereocenters. The van der Waals surface area contributed by atoms with E-state index in [9.17, 15) is 9.50 Å². The summed E-state index contributed by atoms with van der Waals surface area (Å²) >= 11 is 0. The number of pyridine rings is 1. The van der Waals surface area contributed by atoms with Gasteiger partial charge in [0, 0.05) is 11.8 Å². The Labute approximate surface area is 105 Å². The van der Waals surface area contributed by atoms with Crippen molar-refractivity contribution in [3.05, 3.63) is 59.7 Å². The molecule has 2 aromatic rings. The quantitative estimate of drug-likeness (QED) is 0.906. The highest BCUT2D eigenvalue weighted by molar-refractivity contribution is 5.36. The maximum Gasteiger partial charge on any atom is 0.137 e. The van der Waals surface area contributed by atoms with Crippen LogP contribution in [0.3, 0.4) is 0 Å². The molecule has 1 heterocycles. The molecule has 1 unspecified atom stereocenters. The highest BCUT2D eigenvalue weighted by Crippen LogP contribution is 2.30. The van der Waals surface area contributed by atoms with E-state index in [-0.39, 0.29) is 5.82 Å². The van der Waals surface area contributed by atoms with E-state index in [0.29, 0.717) is 16.9 Å². The molecule has 3 nitrogen and oxygen atoms in total. The molecule has 0 saturated heterocycles. The van der Waals surface area contributed by atoms with Gasteiger partial charge in [0.2, 0.25) is 0 Å². The lowest BCUT2D eigenvalue weighted by Gasteiger charge is -2.24. The first kappa shape index (κ1) is 12.5. The van der Waals surface area contributed by atoms with E-state index in [4.69, 9.17) is 4.74 Å². The number of halogens is 1. The first-order valence-corrected chi connectivity index (χ1v) is 5.52. The van der Waals surface area contributed by atoms with Gasteiger partial charge in [0.15, 0.2) is 0 Å². The Morgan fingerprint density at radius 1 is 1.17 bits per heavy atom. The summed E-state index contributed by atoms with van der Waals surface area (Å²) in [5.41, 5.74) is -0.0534. The van der Waals surface area contributed by atoms with Crippen LogP contribution in [-0.4, -0.2) is 17.2 Å². The van der Waals surface area contributed by atoms with Crippen LogP contribution >= 0.6 is 0 Å². The first-order chi connectivity index (χ1) is 8.54. The Hall–Kier alpha value is -1.94. The predicted molar refractivity (Wildman–Crippen MR) is 65.9 cm³/mol. The molecule has 0 amide bonds. The molecule has 1 aromatic heterocycles. The van der Waals surface area contributed by atoms with Crippen molar-refractivity contribution in [2.45, 2.75) is 12.5 Å². The van der Waals surface area contributed by atoms with Gasteiger partial charge in [-0.15, -0.1) is 0 Å². The van der Waals surface area contributed by atoms with Crippen LogP contribution in [0, 0.1) is 5.82 Å². The van der Waals surface area contributed by atoms with E-state index < -0.39 is 5.60 Å². The van der Waals surface area contributed by atoms with E-state index in [2.05, 4.69) is 4.98 Å². The maximum absolute atomic E-state index is 12.9. The zero-order chi connectivity index (χ0) is 13.2. The molecule has 0 aliphatic heterocycles. The first-order valence-electron chi connectivity index (χ1n) is 5.52. The summed E-state index contributed by atoms with van der Waals surface area (Å²) < 4.78 is 18.0. The standard InChI is InChI=1S/C14H14FNO2/c1-14(17,10-3-5-12(15)6-4-10)11-7-13(18-2)9-16-8-11/h3-9,17H,1-2H3. The summed E-state index contributed by atoms with van der Waals surface area (Å²) in [5.74, 6) is 0.230. The van der Waals surface area contributed by atoms with Crippen molar-refractivity contribution >= 4 is 0 Å². The van der Waals surface area contributed by atoms with Crippen LogP contribution < -0.4 is 4.74 Å². The number of ether oxygens (including phenoxy) is 1. The van der Waals surface area contributed by atoms with Crippen molar-refractivity contribution in [1.29, 1.82) is 0 Å². The van der Waals surface area contributed by atoms with Gasteiger partial charge in [-0.25, -0.2) is 4.39 Å². The lowest BCUT2D eigenvalue weighted by molar-refractivity contribution is 0.101. The fraction of sp³-hybridized carbons (Fsp3) is 0.214. The molecule has 1 aromatic carbocycles. The zero-order valence-corrected chi connectivity index (χ0v) is 10.2. The highest BCUT2D eigenvalue weighted by atomic mass is 19.1. The minimum absolute atomic E-state index is 0.335. The fourth-order valence-corrected chi connectivity index (χ4v) is 1.74. The smallest absolute Gasteiger partial charge is 0.137 e. The Bertz CT molecular complexity index is 538. The Balaban J connectivity index is 2.43. The van der Waals surface area contributed by atoms with Gasteiger partial charge >= 0.3 is 0 Å². The minimum Gasteiger partial charge on any atom is -0.495 e. The molecule has 0 saturated carbocycles. The molecule has 0 fully saturated rings. The number of hydrogen-bond donors (Lipinski definition) is 1. The summed E-state index contributed by atoms with van der Waals surface area (Å²) in [6.07, 6.45) is 3.12. The Kier molecular flexibility index (Phi) is 3.30.